The average molecular weight is 308 g/mol. The Morgan fingerprint density at radius 1 is 0.739 bits per heavy atom. The van der Waals surface area contributed by atoms with Crippen molar-refractivity contribution < 1.29 is 14.2 Å². The minimum atomic E-state index is 0.425. The van der Waals surface area contributed by atoms with Crippen LogP contribution in [-0.2, 0) is 0 Å². The number of methoxy groups -OCH3 is 2. The van der Waals surface area contributed by atoms with Gasteiger partial charge in [0.15, 0.2) is 0 Å². The van der Waals surface area contributed by atoms with Gasteiger partial charge in [0.2, 0.25) is 5.88 Å². The molecule has 5 nitrogen and oxygen atoms in total. The molecule has 116 valence electrons. The Bertz CT molecular complexity index is 769. The predicted molar refractivity (Wildman–Crippen MR) is 87.1 cm³/mol. The van der Waals surface area contributed by atoms with Crippen molar-refractivity contribution in [2.24, 2.45) is 0 Å². The third-order valence-corrected chi connectivity index (χ3v) is 3.25. The zero-order valence-corrected chi connectivity index (χ0v) is 12.9. The Kier molecular flexibility index (Phi) is 4.38. The highest BCUT2D eigenvalue weighted by Gasteiger charge is 2.11. The highest BCUT2D eigenvalue weighted by atomic mass is 16.5. The van der Waals surface area contributed by atoms with Crippen molar-refractivity contribution >= 4 is 0 Å². The average Bonchev–Trinajstić information content (AvgIpc) is 2.62. The van der Waals surface area contributed by atoms with Crippen LogP contribution < -0.4 is 14.2 Å². The summed E-state index contributed by atoms with van der Waals surface area (Å²) in [5.74, 6) is 2.28. The summed E-state index contributed by atoms with van der Waals surface area (Å²) in [6, 6.07) is 15.1. The number of aromatic nitrogens is 2. The minimum absolute atomic E-state index is 0.425. The second kappa shape index (κ2) is 6.79. The third-order valence-electron chi connectivity index (χ3n) is 3.25. The van der Waals surface area contributed by atoms with Gasteiger partial charge in [-0.2, -0.15) is 0 Å². The van der Waals surface area contributed by atoms with E-state index in [4.69, 9.17) is 14.2 Å². The fraction of sp³-hybridized carbons (Fsp3) is 0.111. The van der Waals surface area contributed by atoms with E-state index in [0.29, 0.717) is 28.8 Å². The lowest BCUT2D eigenvalue weighted by Gasteiger charge is -2.11. The SMILES string of the molecule is COc1cc(OC)cc(Oc2nccnc2-c2ccccc2)c1. The van der Waals surface area contributed by atoms with Crippen LogP contribution in [0.2, 0.25) is 0 Å². The Hall–Kier alpha value is -3.08. The second-order valence-corrected chi connectivity index (χ2v) is 4.73. The van der Waals surface area contributed by atoms with Gasteiger partial charge >= 0.3 is 0 Å². The molecule has 0 fully saturated rings. The molecule has 23 heavy (non-hydrogen) atoms. The first-order chi connectivity index (χ1) is 11.3. The van der Waals surface area contributed by atoms with Gasteiger partial charge in [-0.25, -0.2) is 9.97 Å². The molecule has 5 heteroatoms. The summed E-state index contributed by atoms with van der Waals surface area (Å²) in [5, 5.41) is 0. The molecule has 3 aromatic rings. The predicted octanol–water partition coefficient (Wildman–Crippen LogP) is 3.95. The molecule has 0 aliphatic heterocycles. The van der Waals surface area contributed by atoms with Crippen molar-refractivity contribution in [1.82, 2.24) is 9.97 Å². The molecule has 0 atom stereocenters. The molecular formula is C18H16N2O3. The van der Waals surface area contributed by atoms with E-state index in [1.54, 1.807) is 44.8 Å². The van der Waals surface area contributed by atoms with Gasteiger partial charge in [0.1, 0.15) is 22.9 Å². The van der Waals surface area contributed by atoms with Gasteiger partial charge in [-0.3, -0.25) is 0 Å². The van der Waals surface area contributed by atoms with Crippen molar-refractivity contribution in [1.29, 1.82) is 0 Å². The number of benzene rings is 2. The molecule has 0 saturated carbocycles. The van der Waals surface area contributed by atoms with Crippen molar-refractivity contribution in [3.05, 3.63) is 60.9 Å². The lowest BCUT2D eigenvalue weighted by molar-refractivity contribution is 0.385. The third kappa shape index (κ3) is 3.40. The fourth-order valence-electron chi connectivity index (χ4n) is 2.15. The van der Waals surface area contributed by atoms with E-state index in [1.807, 2.05) is 30.3 Å². The highest BCUT2D eigenvalue weighted by molar-refractivity contribution is 5.64. The maximum absolute atomic E-state index is 5.92. The molecule has 0 amide bonds. The molecule has 0 aliphatic carbocycles. The molecule has 1 heterocycles. The van der Waals surface area contributed by atoms with Gasteiger partial charge < -0.3 is 14.2 Å². The van der Waals surface area contributed by atoms with E-state index < -0.39 is 0 Å². The molecule has 0 aliphatic rings. The maximum atomic E-state index is 5.92. The van der Waals surface area contributed by atoms with E-state index in [0.717, 1.165) is 5.56 Å². The van der Waals surface area contributed by atoms with Crippen LogP contribution >= 0.6 is 0 Å². The van der Waals surface area contributed by atoms with Gasteiger partial charge in [0.25, 0.3) is 0 Å². The van der Waals surface area contributed by atoms with E-state index in [9.17, 15) is 0 Å². The normalized spacial score (nSPS) is 10.2. The van der Waals surface area contributed by atoms with Crippen LogP contribution in [-0.4, -0.2) is 24.2 Å². The smallest absolute Gasteiger partial charge is 0.246 e. The van der Waals surface area contributed by atoms with Gasteiger partial charge in [-0.1, -0.05) is 30.3 Å². The summed E-state index contributed by atoms with van der Waals surface area (Å²) in [7, 11) is 3.19. The molecule has 0 unspecified atom stereocenters. The standard InChI is InChI=1S/C18H16N2O3/c1-21-14-10-15(22-2)12-16(11-14)23-18-17(19-8-9-20-18)13-6-4-3-5-7-13/h3-12H,1-2H3. The Balaban J connectivity index is 1.98. The van der Waals surface area contributed by atoms with Gasteiger partial charge in [0, 0.05) is 36.2 Å². The van der Waals surface area contributed by atoms with Crippen molar-refractivity contribution in [3.63, 3.8) is 0 Å². The summed E-state index contributed by atoms with van der Waals surface area (Å²) >= 11 is 0. The zero-order valence-electron chi connectivity index (χ0n) is 12.9. The summed E-state index contributed by atoms with van der Waals surface area (Å²) in [6.07, 6.45) is 3.24. The van der Waals surface area contributed by atoms with Crippen LogP contribution in [0.3, 0.4) is 0 Å². The largest absolute Gasteiger partial charge is 0.496 e. The quantitative estimate of drug-likeness (QED) is 0.714. The summed E-state index contributed by atoms with van der Waals surface area (Å²) < 4.78 is 16.4. The Labute approximate surface area is 134 Å². The minimum Gasteiger partial charge on any atom is -0.496 e. The summed E-state index contributed by atoms with van der Waals surface area (Å²) in [4.78, 5) is 8.68. The van der Waals surface area contributed by atoms with Crippen LogP contribution in [0, 0.1) is 0 Å². The van der Waals surface area contributed by atoms with Crippen LogP contribution in [0.1, 0.15) is 0 Å². The van der Waals surface area contributed by atoms with Gasteiger partial charge in [-0.05, 0) is 0 Å². The first kappa shape index (κ1) is 14.8. The molecule has 0 bridgehead atoms. The van der Waals surface area contributed by atoms with Crippen molar-refractivity contribution in [2.75, 3.05) is 14.2 Å². The number of rotatable bonds is 5. The molecule has 0 spiro atoms. The molecular weight excluding hydrogens is 292 g/mol. The first-order valence-corrected chi connectivity index (χ1v) is 7.07. The number of hydrogen-bond donors (Lipinski definition) is 0. The number of nitrogens with zero attached hydrogens (tertiary/aromatic N) is 2. The van der Waals surface area contributed by atoms with Crippen molar-refractivity contribution in [3.8, 4) is 34.4 Å². The molecule has 2 aromatic carbocycles. The molecule has 0 radical (unpaired) electrons. The fourth-order valence-corrected chi connectivity index (χ4v) is 2.15. The lowest BCUT2D eigenvalue weighted by Crippen LogP contribution is -1.95. The molecule has 3 rings (SSSR count). The van der Waals surface area contributed by atoms with Crippen LogP contribution in [0.15, 0.2) is 60.9 Å². The van der Waals surface area contributed by atoms with E-state index >= 15 is 0 Å². The zero-order chi connectivity index (χ0) is 16.1. The van der Waals surface area contributed by atoms with Crippen molar-refractivity contribution in [2.45, 2.75) is 0 Å². The summed E-state index contributed by atoms with van der Waals surface area (Å²) in [5.41, 5.74) is 1.61. The van der Waals surface area contributed by atoms with Gasteiger partial charge in [0.05, 0.1) is 14.2 Å². The van der Waals surface area contributed by atoms with E-state index in [-0.39, 0.29) is 0 Å². The van der Waals surface area contributed by atoms with Crippen LogP contribution in [0.25, 0.3) is 11.3 Å². The number of hydrogen-bond acceptors (Lipinski definition) is 5. The molecule has 0 N–H and O–H groups in total. The number of ether oxygens (including phenoxy) is 3. The van der Waals surface area contributed by atoms with E-state index in [2.05, 4.69) is 9.97 Å². The van der Waals surface area contributed by atoms with Crippen LogP contribution in [0.4, 0.5) is 0 Å². The molecule has 0 saturated heterocycles. The topological polar surface area (TPSA) is 53.5 Å². The second-order valence-electron chi connectivity index (χ2n) is 4.73. The first-order valence-electron chi connectivity index (χ1n) is 7.07. The van der Waals surface area contributed by atoms with Gasteiger partial charge in [-0.15, -0.1) is 0 Å². The highest BCUT2D eigenvalue weighted by Crippen LogP contribution is 2.33. The maximum Gasteiger partial charge on any atom is 0.246 e. The van der Waals surface area contributed by atoms with E-state index in [1.165, 1.54) is 0 Å². The molecule has 1 aromatic heterocycles. The van der Waals surface area contributed by atoms with Crippen LogP contribution in [0.5, 0.6) is 23.1 Å². The lowest BCUT2D eigenvalue weighted by atomic mass is 10.1. The monoisotopic (exact) mass is 308 g/mol. The Morgan fingerprint density at radius 2 is 1.35 bits per heavy atom. The summed E-state index contributed by atoms with van der Waals surface area (Å²) in [6.45, 7) is 0. The Morgan fingerprint density at radius 3 is 2.00 bits per heavy atom.